The lowest BCUT2D eigenvalue weighted by Crippen LogP contribution is -2.39. The van der Waals surface area contributed by atoms with Crippen molar-refractivity contribution in [2.24, 2.45) is 5.73 Å². The van der Waals surface area contributed by atoms with Crippen LogP contribution in [0.1, 0.15) is 47.1 Å². The van der Waals surface area contributed by atoms with Gasteiger partial charge in [0.25, 0.3) is 0 Å². The molecule has 1 amide bonds. The zero-order valence-electron chi connectivity index (χ0n) is 13.1. The third kappa shape index (κ3) is 3.54. The monoisotopic (exact) mass is 334 g/mol. The summed E-state index contributed by atoms with van der Waals surface area (Å²) >= 11 is 1.50. The summed E-state index contributed by atoms with van der Waals surface area (Å²) in [6.07, 6.45) is 0.777. The van der Waals surface area contributed by atoms with Gasteiger partial charge < -0.3 is 15.8 Å². The molecule has 6 heteroatoms. The Morgan fingerprint density at radius 3 is 2.96 bits per heavy atom. The van der Waals surface area contributed by atoms with Crippen LogP contribution in [0.5, 0.6) is 5.75 Å². The fourth-order valence-corrected chi connectivity index (χ4v) is 3.66. The van der Waals surface area contributed by atoms with Crippen LogP contribution in [0.2, 0.25) is 0 Å². The average Bonchev–Trinajstić information content (AvgIpc) is 2.92. The molecule has 2 heterocycles. The van der Waals surface area contributed by atoms with Crippen LogP contribution in [-0.4, -0.2) is 11.5 Å². The molecule has 2 aromatic rings. The molecule has 0 saturated heterocycles. The van der Waals surface area contributed by atoms with Crippen molar-refractivity contribution in [2.45, 2.75) is 38.5 Å². The summed E-state index contributed by atoms with van der Waals surface area (Å²) in [5, 5.41) is 5.24. The Bertz CT molecular complexity index is 742. The highest BCUT2D eigenvalue weighted by Gasteiger charge is 2.33. The number of nitrogens with one attached hydrogen (secondary N) is 1. The number of carbonyl (C=O) groups is 1. The Kier molecular flexibility index (Phi) is 4.12. The van der Waals surface area contributed by atoms with Crippen molar-refractivity contribution in [3.05, 3.63) is 51.5 Å². The predicted octanol–water partition coefficient (Wildman–Crippen LogP) is 3.38. The first kappa shape index (κ1) is 16.0. The summed E-state index contributed by atoms with van der Waals surface area (Å²) in [5.74, 6) is -0.132. The average molecular weight is 334 g/mol. The van der Waals surface area contributed by atoms with Gasteiger partial charge >= 0.3 is 0 Å². The van der Waals surface area contributed by atoms with E-state index < -0.39 is 5.91 Å². The van der Waals surface area contributed by atoms with E-state index in [0.29, 0.717) is 17.9 Å². The molecule has 0 radical (unpaired) electrons. The Morgan fingerprint density at radius 2 is 2.26 bits per heavy atom. The summed E-state index contributed by atoms with van der Waals surface area (Å²) in [5.41, 5.74) is 6.39. The van der Waals surface area contributed by atoms with Crippen molar-refractivity contribution >= 4 is 17.2 Å². The van der Waals surface area contributed by atoms with Gasteiger partial charge in [0.1, 0.15) is 17.2 Å². The second-order valence-corrected chi connectivity index (χ2v) is 7.34. The summed E-state index contributed by atoms with van der Waals surface area (Å²) in [4.78, 5) is 12.2. The number of hydrogen-bond donors (Lipinski definition) is 2. The van der Waals surface area contributed by atoms with E-state index in [0.717, 1.165) is 16.9 Å². The molecule has 0 spiro atoms. The van der Waals surface area contributed by atoms with Crippen LogP contribution in [0.4, 0.5) is 4.39 Å². The van der Waals surface area contributed by atoms with Crippen molar-refractivity contribution in [1.82, 2.24) is 5.32 Å². The van der Waals surface area contributed by atoms with E-state index in [-0.39, 0.29) is 17.5 Å². The molecule has 1 aliphatic heterocycles. The van der Waals surface area contributed by atoms with E-state index in [4.69, 9.17) is 10.5 Å². The molecule has 1 atom stereocenters. The summed E-state index contributed by atoms with van der Waals surface area (Å²) in [7, 11) is 0. The fraction of sp³-hybridized carbons (Fsp3) is 0.353. The highest BCUT2D eigenvalue weighted by Crippen LogP contribution is 2.39. The van der Waals surface area contributed by atoms with Crippen molar-refractivity contribution in [2.75, 3.05) is 0 Å². The molecule has 1 aromatic carbocycles. The number of primary amides is 1. The van der Waals surface area contributed by atoms with E-state index in [1.54, 1.807) is 17.5 Å². The Labute approximate surface area is 138 Å². The molecule has 0 unspecified atom stereocenters. The zero-order valence-corrected chi connectivity index (χ0v) is 13.9. The van der Waals surface area contributed by atoms with Crippen molar-refractivity contribution in [1.29, 1.82) is 0 Å². The number of hydrogen-bond acceptors (Lipinski definition) is 4. The minimum absolute atomic E-state index is 0.0634. The summed E-state index contributed by atoms with van der Waals surface area (Å²) in [6.45, 7) is 4.60. The van der Waals surface area contributed by atoms with Crippen LogP contribution in [0, 0.1) is 5.82 Å². The minimum atomic E-state index is -0.416. The zero-order chi connectivity index (χ0) is 16.6. The largest absolute Gasteiger partial charge is 0.487 e. The molecule has 1 aliphatic rings. The predicted molar refractivity (Wildman–Crippen MR) is 88.1 cm³/mol. The van der Waals surface area contributed by atoms with Gasteiger partial charge in [-0.05, 0) is 26.0 Å². The van der Waals surface area contributed by atoms with Gasteiger partial charge in [-0.25, -0.2) is 4.39 Å². The molecule has 1 aromatic heterocycles. The number of thiophene rings is 1. The Balaban J connectivity index is 1.78. The maximum atomic E-state index is 13.5. The fourth-order valence-electron chi connectivity index (χ4n) is 2.83. The number of nitrogens with two attached hydrogens (primary N) is 1. The van der Waals surface area contributed by atoms with Crippen LogP contribution in [0.25, 0.3) is 0 Å². The molecular formula is C17H19FN2O2S. The maximum Gasteiger partial charge on any atom is 0.249 e. The first-order chi connectivity index (χ1) is 10.8. The highest BCUT2D eigenvalue weighted by molar-refractivity contribution is 7.10. The number of amides is 1. The highest BCUT2D eigenvalue weighted by atomic mass is 32.1. The van der Waals surface area contributed by atoms with Gasteiger partial charge in [0.2, 0.25) is 5.91 Å². The van der Waals surface area contributed by atoms with Gasteiger partial charge in [0.15, 0.2) is 0 Å². The van der Waals surface area contributed by atoms with Crippen LogP contribution in [0.15, 0.2) is 29.6 Å². The molecule has 23 heavy (non-hydrogen) atoms. The Morgan fingerprint density at radius 1 is 1.48 bits per heavy atom. The van der Waals surface area contributed by atoms with E-state index >= 15 is 0 Å². The van der Waals surface area contributed by atoms with Gasteiger partial charge in [-0.3, -0.25) is 4.79 Å². The molecular weight excluding hydrogens is 315 g/mol. The molecule has 122 valence electrons. The first-order valence-electron chi connectivity index (χ1n) is 7.43. The Hall–Kier alpha value is -1.92. The lowest BCUT2D eigenvalue weighted by Gasteiger charge is -2.38. The molecule has 3 N–H and O–H groups in total. The van der Waals surface area contributed by atoms with Gasteiger partial charge in [-0.1, -0.05) is 6.07 Å². The minimum Gasteiger partial charge on any atom is -0.487 e. The number of fused-ring (bicyclic) bond motifs is 1. The van der Waals surface area contributed by atoms with Crippen LogP contribution in [0.3, 0.4) is 0 Å². The van der Waals surface area contributed by atoms with Crippen molar-refractivity contribution in [3.8, 4) is 5.75 Å². The maximum absolute atomic E-state index is 13.5. The third-order valence-corrected chi connectivity index (χ3v) is 4.83. The molecule has 0 aliphatic carbocycles. The smallest absolute Gasteiger partial charge is 0.249 e. The normalized spacial score (nSPS) is 19.0. The summed E-state index contributed by atoms with van der Waals surface area (Å²) < 4.78 is 19.3. The van der Waals surface area contributed by atoms with Crippen LogP contribution in [-0.2, 0) is 6.54 Å². The van der Waals surface area contributed by atoms with E-state index in [9.17, 15) is 9.18 Å². The third-order valence-electron chi connectivity index (χ3n) is 3.89. The number of rotatable bonds is 4. The molecule has 4 nitrogen and oxygen atoms in total. The van der Waals surface area contributed by atoms with Gasteiger partial charge in [-0.2, -0.15) is 0 Å². The number of halogens is 1. The van der Waals surface area contributed by atoms with E-state index in [1.165, 1.54) is 23.5 Å². The number of benzene rings is 1. The lowest BCUT2D eigenvalue weighted by molar-refractivity contribution is 0.0653. The molecule has 0 fully saturated rings. The van der Waals surface area contributed by atoms with Gasteiger partial charge in [-0.15, -0.1) is 11.3 Å². The molecule has 3 rings (SSSR count). The van der Waals surface area contributed by atoms with Crippen LogP contribution < -0.4 is 15.8 Å². The number of ether oxygens (including phenoxy) is 1. The second-order valence-electron chi connectivity index (χ2n) is 6.35. The second kappa shape index (κ2) is 5.94. The van der Waals surface area contributed by atoms with Gasteiger partial charge in [0, 0.05) is 40.9 Å². The summed E-state index contributed by atoms with van der Waals surface area (Å²) in [6, 6.07) is 6.51. The quantitative estimate of drug-likeness (QED) is 0.901. The molecule has 0 bridgehead atoms. The SMILES string of the molecule is CC1(C)C[C@@H](NCc2cc(C(N)=O)cs2)c2ccc(F)cc2O1. The van der Waals surface area contributed by atoms with E-state index in [2.05, 4.69) is 5.32 Å². The van der Waals surface area contributed by atoms with Crippen molar-refractivity contribution < 1.29 is 13.9 Å². The van der Waals surface area contributed by atoms with Crippen LogP contribution >= 0.6 is 11.3 Å². The standard InChI is InChI=1S/C17H19FN2O2S/c1-17(2)7-14(13-4-3-11(18)6-15(13)22-17)20-8-12-5-10(9-23-12)16(19)21/h3-6,9,14,20H,7-8H2,1-2H3,(H2,19,21)/t14-/m1/s1. The lowest BCUT2D eigenvalue weighted by atomic mass is 9.89. The number of carbonyl (C=O) groups excluding carboxylic acids is 1. The van der Waals surface area contributed by atoms with Gasteiger partial charge in [0.05, 0.1) is 5.56 Å². The molecule has 0 saturated carbocycles. The van der Waals surface area contributed by atoms with Crippen molar-refractivity contribution in [3.63, 3.8) is 0 Å². The topological polar surface area (TPSA) is 64.3 Å². The first-order valence-corrected chi connectivity index (χ1v) is 8.31. The van der Waals surface area contributed by atoms with E-state index in [1.807, 2.05) is 13.8 Å².